The fraction of sp³-hybridized carbons (Fsp3) is 0.571. The van der Waals surface area contributed by atoms with Crippen molar-refractivity contribution in [2.45, 2.75) is 13.3 Å². The molecular weight excluding hydrogens is 130 g/mol. The number of hydrogen-bond donors (Lipinski definition) is 2. The Morgan fingerprint density at radius 3 is 2.70 bits per heavy atom. The van der Waals surface area contributed by atoms with Gasteiger partial charge in [-0.2, -0.15) is 0 Å². The van der Waals surface area contributed by atoms with Gasteiger partial charge in [0.15, 0.2) is 0 Å². The van der Waals surface area contributed by atoms with Crippen molar-refractivity contribution in [3.63, 3.8) is 0 Å². The van der Waals surface area contributed by atoms with Gasteiger partial charge in [-0.15, -0.1) is 0 Å². The molecule has 0 unspecified atom stereocenters. The molecule has 2 N–H and O–H groups in total. The Labute approximate surface area is 60.7 Å². The van der Waals surface area contributed by atoms with Crippen LogP contribution in [-0.4, -0.2) is 24.2 Å². The van der Waals surface area contributed by atoms with Crippen LogP contribution in [0.3, 0.4) is 0 Å². The summed E-state index contributed by atoms with van der Waals surface area (Å²) >= 11 is 0. The summed E-state index contributed by atoms with van der Waals surface area (Å²) in [5, 5.41) is 11.1. The summed E-state index contributed by atoms with van der Waals surface area (Å²) < 4.78 is 0. The van der Waals surface area contributed by atoms with Crippen molar-refractivity contribution in [1.82, 2.24) is 5.32 Å². The molecule has 0 radical (unpaired) electrons. The number of rotatable bonds is 4. The van der Waals surface area contributed by atoms with Crippen LogP contribution < -0.4 is 5.32 Å². The second kappa shape index (κ2) is 4.99. The first-order chi connectivity index (χ1) is 4.66. The Bertz CT molecular complexity index is 132. The summed E-state index contributed by atoms with van der Waals surface area (Å²) in [6.07, 6.45) is 0.649. The third kappa shape index (κ3) is 5.31. The number of carbonyl (C=O) groups is 1. The SMILES string of the molecule is C=C(CO)CCNC(C)=O. The maximum absolute atomic E-state index is 10.3. The minimum Gasteiger partial charge on any atom is -0.392 e. The van der Waals surface area contributed by atoms with Crippen molar-refractivity contribution >= 4 is 5.91 Å². The van der Waals surface area contributed by atoms with E-state index in [0.29, 0.717) is 13.0 Å². The number of amides is 1. The first kappa shape index (κ1) is 9.17. The second-order valence-electron chi connectivity index (χ2n) is 2.14. The van der Waals surface area contributed by atoms with E-state index in [-0.39, 0.29) is 12.5 Å². The molecule has 1 amide bonds. The lowest BCUT2D eigenvalue weighted by atomic mass is 10.2. The molecule has 0 bridgehead atoms. The molecule has 0 aliphatic carbocycles. The van der Waals surface area contributed by atoms with E-state index >= 15 is 0 Å². The van der Waals surface area contributed by atoms with Crippen LogP contribution in [0.1, 0.15) is 13.3 Å². The van der Waals surface area contributed by atoms with E-state index in [9.17, 15) is 4.79 Å². The lowest BCUT2D eigenvalue weighted by Crippen LogP contribution is -2.21. The van der Waals surface area contributed by atoms with Gasteiger partial charge in [0, 0.05) is 13.5 Å². The molecule has 58 valence electrons. The van der Waals surface area contributed by atoms with E-state index in [1.54, 1.807) is 0 Å². The quantitative estimate of drug-likeness (QED) is 0.547. The number of aliphatic hydroxyl groups excluding tert-OH is 1. The van der Waals surface area contributed by atoms with Crippen LogP contribution in [0.4, 0.5) is 0 Å². The summed E-state index contributed by atoms with van der Waals surface area (Å²) in [7, 11) is 0. The maximum Gasteiger partial charge on any atom is 0.216 e. The van der Waals surface area contributed by atoms with Crippen molar-refractivity contribution in [2.75, 3.05) is 13.2 Å². The Kier molecular flexibility index (Phi) is 4.58. The molecule has 0 fully saturated rings. The first-order valence-corrected chi connectivity index (χ1v) is 3.18. The number of nitrogens with one attached hydrogen (secondary N) is 1. The van der Waals surface area contributed by atoms with Crippen LogP contribution in [0.2, 0.25) is 0 Å². The highest BCUT2D eigenvalue weighted by atomic mass is 16.3. The smallest absolute Gasteiger partial charge is 0.216 e. The number of hydrogen-bond acceptors (Lipinski definition) is 2. The molecule has 0 heterocycles. The van der Waals surface area contributed by atoms with E-state index in [4.69, 9.17) is 5.11 Å². The van der Waals surface area contributed by atoms with Crippen LogP contribution in [0.25, 0.3) is 0 Å². The summed E-state index contributed by atoms with van der Waals surface area (Å²) in [6.45, 7) is 5.59. The van der Waals surface area contributed by atoms with E-state index < -0.39 is 0 Å². The standard InChI is InChI=1S/C7H13NO2/c1-6(5-9)3-4-8-7(2)10/h9H,1,3-5H2,2H3,(H,8,10). The molecule has 0 rings (SSSR count). The molecule has 0 aromatic rings. The maximum atomic E-state index is 10.3. The molecular formula is C7H13NO2. The molecule has 0 atom stereocenters. The van der Waals surface area contributed by atoms with Crippen LogP contribution in [0.5, 0.6) is 0 Å². The third-order valence-electron chi connectivity index (χ3n) is 1.08. The zero-order valence-electron chi connectivity index (χ0n) is 6.18. The summed E-state index contributed by atoms with van der Waals surface area (Å²) in [6, 6.07) is 0. The van der Waals surface area contributed by atoms with E-state index in [2.05, 4.69) is 11.9 Å². The van der Waals surface area contributed by atoms with E-state index in [1.807, 2.05) is 0 Å². The Hall–Kier alpha value is -0.830. The van der Waals surface area contributed by atoms with E-state index in [0.717, 1.165) is 5.57 Å². The van der Waals surface area contributed by atoms with Crippen LogP contribution in [0, 0.1) is 0 Å². The van der Waals surface area contributed by atoms with Crippen molar-refractivity contribution in [2.24, 2.45) is 0 Å². The Morgan fingerprint density at radius 1 is 1.70 bits per heavy atom. The van der Waals surface area contributed by atoms with Crippen molar-refractivity contribution in [3.8, 4) is 0 Å². The van der Waals surface area contributed by atoms with E-state index in [1.165, 1.54) is 6.92 Å². The van der Waals surface area contributed by atoms with Gasteiger partial charge in [-0.1, -0.05) is 12.2 Å². The number of carbonyl (C=O) groups excluding carboxylic acids is 1. The predicted octanol–water partition coefficient (Wildman–Crippen LogP) is 0.0611. The van der Waals surface area contributed by atoms with Crippen molar-refractivity contribution < 1.29 is 9.90 Å². The number of aliphatic hydroxyl groups is 1. The largest absolute Gasteiger partial charge is 0.392 e. The Morgan fingerprint density at radius 2 is 2.30 bits per heavy atom. The summed E-state index contributed by atoms with van der Waals surface area (Å²) in [5.41, 5.74) is 0.744. The highest BCUT2D eigenvalue weighted by Crippen LogP contribution is 1.92. The highest BCUT2D eigenvalue weighted by molar-refractivity contribution is 5.72. The zero-order valence-corrected chi connectivity index (χ0v) is 6.18. The van der Waals surface area contributed by atoms with Gasteiger partial charge in [-0.05, 0) is 6.42 Å². The molecule has 0 aliphatic rings. The topological polar surface area (TPSA) is 49.3 Å². The molecule has 0 aromatic heterocycles. The zero-order chi connectivity index (χ0) is 7.98. The van der Waals surface area contributed by atoms with Crippen LogP contribution in [-0.2, 0) is 4.79 Å². The van der Waals surface area contributed by atoms with Gasteiger partial charge >= 0.3 is 0 Å². The third-order valence-corrected chi connectivity index (χ3v) is 1.08. The molecule has 0 aromatic carbocycles. The molecule has 0 spiro atoms. The fourth-order valence-electron chi connectivity index (χ4n) is 0.494. The molecule has 0 saturated heterocycles. The minimum atomic E-state index is -0.0502. The van der Waals surface area contributed by atoms with Gasteiger partial charge in [0.05, 0.1) is 6.61 Å². The molecule has 3 heteroatoms. The lowest BCUT2D eigenvalue weighted by Gasteiger charge is -2.01. The second-order valence-corrected chi connectivity index (χ2v) is 2.14. The summed E-state index contributed by atoms with van der Waals surface area (Å²) in [4.78, 5) is 10.3. The monoisotopic (exact) mass is 143 g/mol. The van der Waals surface area contributed by atoms with Gasteiger partial charge in [-0.25, -0.2) is 0 Å². The minimum absolute atomic E-state index is 0.000412. The fourth-order valence-corrected chi connectivity index (χ4v) is 0.494. The molecule has 0 saturated carbocycles. The lowest BCUT2D eigenvalue weighted by molar-refractivity contribution is -0.118. The normalized spacial score (nSPS) is 9.00. The van der Waals surface area contributed by atoms with Gasteiger partial charge in [0.2, 0.25) is 5.91 Å². The first-order valence-electron chi connectivity index (χ1n) is 3.18. The van der Waals surface area contributed by atoms with Gasteiger partial charge in [0.25, 0.3) is 0 Å². The summed E-state index contributed by atoms with van der Waals surface area (Å²) in [5.74, 6) is -0.0502. The van der Waals surface area contributed by atoms with Crippen LogP contribution in [0.15, 0.2) is 12.2 Å². The molecule has 0 aliphatic heterocycles. The highest BCUT2D eigenvalue weighted by Gasteiger charge is 1.92. The van der Waals surface area contributed by atoms with Gasteiger partial charge < -0.3 is 10.4 Å². The predicted molar refractivity (Wildman–Crippen MR) is 39.5 cm³/mol. The van der Waals surface area contributed by atoms with Crippen LogP contribution >= 0.6 is 0 Å². The Balaban J connectivity index is 3.20. The average Bonchev–Trinajstić information content (AvgIpc) is 1.87. The van der Waals surface area contributed by atoms with Crippen molar-refractivity contribution in [1.29, 1.82) is 0 Å². The molecule has 3 nitrogen and oxygen atoms in total. The van der Waals surface area contributed by atoms with Gasteiger partial charge in [0.1, 0.15) is 0 Å². The van der Waals surface area contributed by atoms with Crippen molar-refractivity contribution in [3.05, 3.63) is 12.2 Å². The van der Waals surface area contributed by atoms with Gasteiger partial charge in [-0.3, -0.25) is 4.79 Å². The molecule has 10 heavy (non-hydrogen) atoms. The average molecular weight is 143 g/mol.